The first-order chi connectivity index (χ1) is 15.0. The van der Waals surface area contributed by atoms with Gasteiger partial charge in [-0.25, -0.2) is 0 Å². The van der Waals surface area contributed by atoms with Crippen LogP contribution in [-0.4, -0.2) is 110 Å². The molecule has 1 N–H and O–H groups in total. The van der Waals surface area contributed by atoms with Crippen molar-refractivity contribution in [2.45, 2.75) is 73.5 Å². The smallest absolute Gasteiger partial charge is 0.320 e. The number of hydrogen-bond acceptors (Lipinski definition) is 8. The molecule has 194 valence electrons. The molecule has 0 bridgehead atoms. The average Bonchev–Trinajstić information content (AvgIpc) is 2.57. The van der Waals surface area contributed by atoms with Crippen LogP contribution in [0.2, 0.25) is 0 Å². The molecule has 0 amide bonds. The number of esters is 2. The summed E-state index contributed by atoms with van der Waals surface area (Å²) in [4.78, 5) is 31.7. The zero-order valence-electron chi connectivity index (χ0n) is 22.8. The van der Waals surface area contributed by atoms with Gasteiger partial charge in [0.1, 0.15) is 11.2 Å². The lowest BCUT2D eigenvalue weighted by Crippen LogP contribution is -2.48. The second-order valence-electron chi connectivity index (χ2n) is 12.3. The highest BCUT2D eigenvalue weighted by atomic mass is 16.6. The summed E-state index contributed by atoms with van der Waals surface area (Å²) >= 11 is 0. The quantitative estimate of drug-likeness (QED) is 0.613. The summed E-state index contributed by atoms with van der Waals surface area (Å²) in [5, 5.41) is 3.52. The van der Waals surface area contributed by atoms with Crippen molar-refractivity contribution in [3.63, 3.8) is 0 Å². The minimum Gasteiger partial charge on any atom is -0.459 e. The fourth-order valence-corrected chi connectivity index (χ4v) is 3.76. The van der Waals surface area contributed by atoms with Crippen molar-refractivity contribution in [2.24, 2.45) is 5.41 Å². The van der Waals surface area contributed by atoms with E-state index >= 15 is 0 Å². The molecule has 8 nitrogen and oxygen atoms in total. The lowest BCUT2D eigenvalue weighted by atomic mass is 9.96. The monoisotopic (exact) mass is 470 g/mol. The second kappa shape index (κ2) is 13.0. The van der Waals surface area contributed by atoms with Gasteiger partial charge in [-0.05, 0) is 47.0 Å². The number of ether oxygens (including phenoxy) is 2. The molecule has 1 fully saturated rings. The van der Waals surface area contributed by atoms with Gasteiger partial charge in [0.05, 0.1) is 13.1 Å². The standard InChI is InChI=1S/C25H50N4O4/c1-23(2,3)20-29-13-11-26-10-12-27(18-21(30)32-24(4,5)6)14-15-28(16-17-29)19-22(31)33-25(7,8)9/h26H,10-20H2,1-9H3. The van der Waals surface area contributed by atoms with Crippen LogP contribution in [0.3, 0.4) is 0 Å². The molecule has 1 heterocycles. The molecule has 0 unspecified atom stereocenters. The molecule has 1 rings (SSSR count). The number of carbonyl (C=O) groups excluding carboxylic acids is 2. The fourth-order valence-electron chi connectivity index (χ4n) is 3.76. The SMILES string of the molecule is CC(C)(C)CN1CCNCCN(CC(=O)OC(C)(C)C)CCN(CC(=O)OC(C)(C)C)CC1. The molecule has 0 aromatic heterocycles. The molecule has 1 aliphatic rings. The molecular formula is C25H50N4O4. The van der Waals surface area contributed by atoms with Gasteiger partial charge in [0.15, 0.2) is 0 Å². The van der Waals surface area contributed by atoms with E-state index in [4.69, 9.17) is 9.47 Å². The van der Waals surface area contributed by atoms with Crippen LogP contribution in [0.25, 0.3) is 0 Å². The summed E-state index contributed by atoms with van der Waals surface area (Å²) < 4.78 is 11.1. The molecule has 0 aromatic carbocycles. The molecule has 1 saturated heterocycles. The van der Waals surface area contributed by atoms with Gasteiger partial charge in [-0.15, -0.1) is 0 Å². The van der Waals surface area contributed by atoms with Crippen LogP contribution in [0.4, 0.5) is 0 Å². The molecular weight excluding hydrogens is 420 g/mol. The molecule has 0 spiro atoms. The summed E-state index contributed by atoms with van der Waals surface area (Å²) in [5.41, 5.74) is -0.797. The molecule has 0 atom stereocenters. The molecule has 0 saturated carbocycles. The number of nitrogens with zero attached hydrogens (tertiary/aromatic N) is 3. The Bertz CT molecular complexity index is 605. The van der Waals surface area contributed by atoms with E-state index in [2.05, 4.69) is 40.8 Å². The normalized spacial score (nSPS) is 19.4. The van der Waals surface area contributed by atoms with Crippen molar-refractivity contribution in [3.05, 3.63) is 0 Å². The Labute approximate surface area is 202 Å². The van der Waals surface area contributed by atoms with Gasteiger partial charge in [0, 0.05) is 58.9 Å². The van der Waals surface area contributed by atoms with E-state index in [0.29, 0.717) is 13.1 Å². The van der Waals surface area contributed by atoms with Gasteiger partial charge < -0.3 is 19.7 Å². The van der Waals surface area contributed by atoms with E-state index in [1.54, 1.807) is 0 Å². The first-order valence-electron chi connectivity index (χ1n) is 12.3. The highest BCUT2D eigenvalue weighted by molar-refractivity contribution is 5.72. The molecule has 0 aliphatic carbocycles. The van der Waals surface area contributed by atoms with Crippen LogP contribution < -0.4 is 5.32 Å². The van der Waals surface area contributed by atoms with Crippen LogP contribution in [0, 0.1) is 5.41 Å². The van der Waals surface area contributed by atoms with Crippen LogP contribution in [0.15, 0.2) is 0 Å². The number of nitrogens with one attached hydrogen (secondary N) is 1. The predicted octanol–water partition coefficient (Wildman–Crippen LogP) is 2.23. The number of carbonyl (C=O) groups is 2. The van der Waals surface area contributed by atoms with Crippen LogP contribution in [0.1, 0.15) is 62.3 Å². The van der Waals surface area contributed by atoms with Crippen molar-refractivity contribution in [1.29, 1.82) is 0 Å². The van der Waals surface area contributed by atoms with E-state index in [9.17, 15) is 9.59 Å². The van der Waals surface area contributed by atoms with Crippen molar-refractivity contribution in [2.75, 3.05) is 72.0 Å². The summed E-state index contributed by atoms with van der Waals surface area (Å²) in [6, 6.07) is 0. The van der Waals surface area contributed by atoms with E-state index in [0.717, 1.165) is 45.8 Å². The summed E-state index contributed by atoms with van der Waals surface area (Å²) in [5.74, 6) is -0.429. The Morgan fingerprint density at radius 1 is 0.636 bits per heavy atom. The van der Waals surface area contributed by atoms with Gasteiger partial charge in [0.2, 0.25) is 0 Å². The third-order valence-electron chi connectivity index (χ3n) is 4.92. The van der Waals surface area contributed by atoms with Gasteiger partial charge in [-0.3, -0.25) is 19.4 Å². The molecule has 0 radical (unpaired) electrons. The maximum atomic E-state index is 12.6. The third kappa shape index (κ3) is 16.1. The van der Waals surface area contributed by atoms with Gasteiger partial charge in [-0.1, -0.05) is 20.8 Å². The van der Waals surface area contributed by atoms with Gasteiger partial charge in [0.25, 0.3) is 0 Å². The van der Waals surface area contributed by atoms with Crippen molar-refractivity contribution >= 4 is 11.9 Å². The topological polar surface area (TPSA) is 74.4 Å². The van der Waals surface area contributed by atoms with Crippen molar-refractivity contribution < 1.29 is 19.1 Å². The maximum Gasteiger partial charge on any atom is 0.320 e. The van der Waals surface area contributed by atoms with E-state index in [1.165, 1.54) is 0 Å². The Hall–Kier alpha value is -1.22. The Morgan fingerprint density at radius 2 is 1.00 bits per heavy atom. The third-order valence-corrected chi connectivity index (χ3v) is 4.92. The largest absolute Gasteiger partial charge is 0.459 e. The highest BCUT2D eigenvalue weighted by Gasteiger charge is 2.23. The molecule has 33 heavy (non-hydrogen) atoms. The average molecular weight is 471 g/mol. The second-order valence-corrected chi connectivity index (χ2v) is 12.3. The van der Waals surface area contributed by atoms with E-state index < -0.39 is 11.2 Å². The summed E-state index contributed by atoms with van der Waals surface area (Å²) in [6.45, 7) is 26.0. The molecule has 0 aromatic rings. The predicted molar refractivity (Wildman–Crippen MR) is 133 cm³/mol. The fraction of sp³-hybridized carbons (Fsp3) is 0.920. The summed E-state index contributed by atoms with van der Waals surface area (Å²) in [7, 11) is 0. The minimum atomic E-state index is -0.504. The Balaban J connectivity index is 2.86. The van der Waals surface area contributed by atoms with Crippen LogP contribution in [-0.2, 0) is 19.1 Å². The first-order valence-corrected chi connectivity index (χ1v) is 12.3. The van der Waals surface area contributed by atoms with E-state index in [1.807, 2.05) is 41.5 Å². The van der Waals surface area contributed by atoms with Crippen molar-refractivity contribution in [3.8, 4) is 0 Å². The van der Waals surface area contributed by atoms with Crippen LogP contribution >= 0.6 is 0 Å². The van der Waals surface area contributed by atoms with E-state index in [-0.39, 0.29) is 30.4 Å². The molecule has 1 aliphatic heterocycles. The maximum absolute atomic E-state index is 12.6. The van der Waals surface area contributed by atoms with Crippen LogP contribution in [0.5, 0.6) is 0 Å². The van der Waals surface area contributed by atoms with Gasteiger partial charge >= 0.3 is 11.9 Å². The Morgan fingerprint density at radius 3 is 1.39 bits per heavy atom. The zero-order valence-corrected chi connectivity index (χ0v) is 22.8. The molecule has 8 heteroatoms. The summed E-state index contributed by atoms with van der Waals surface area (Å²) in [6.07, 6.45) is 0. The number of rotatable bonds is 5. The number of hydrogen-bond donors (Lipinski definition) is 1. The van der Waals surface area contributed by atoms with Gasteiger partial charge in [-0.2, -0.15) is 0 Å². The zero-order chi connectivity index (χ0) is 25.3. The lowest BCUT2D eigenvalue weighted by molar-refractivity contribution is -0.158. The highest BCUT2D eigenvalue weighted by Crippen LogP contribution is 2.15. The van der Waals surface area contributed by atoms with Crippen molar-refractivity contribution in [1.82, 2.24) is 20.0 Å². The minimum absolute atomic E-state index is 0.206. The Kier molecular flexibility index (Phi) is 11.8. The lowest BCUT2D eigenvalue weighted by Gasteiger charge is -2.34. The first kappa shape index (κ1) is 29.8.